The number of rotatable bonds is 5. The molecule has 0 saturated carbocycles. The lowest BCUT2D eigenvalue weighted by molar-refractivity contribution is -0.136. The second-order valence-corrected chi connectivity index (χ2v) is 8.95. The van der Waals surface area contributed by atoms with Gasteiger partial charge in [-0.15, -0.1) is 0 Å². The molecule has 0 bridgehead atoms. The Morgan fingerprint density at radius 2 is 1.77 bits per heavy atom. The highest BCUT2D eigenvalue weighted by atomic mass is 32.2. The van der Waals surface area contributed by atoms with Crippen LogP contribution >= 0.6 is 0 Å². The molecule has 1 atom stereocenters. The average molecular weight is 381 g/mol. The zero-order valence-corrected chi connectivity index (χ0v) is 16.2. The largest absolute Gasteiger partial charge is 0.379 e. The van der Waals surface area contributed by atoms with Crippen molar-refractivity contribution in [3.8, 4) is 0 Å². The maximum absolute atomic E-state index is 13.1. The SMILES string of the molecule is CC(C)[C@@H]1N(C(=O)CN2CCOCC2)CCN1S(=O)(=O)c1ccccc1. The molecular weight excluding hydrogens is 354 g/mol. The second-order valence-electron chi connectivity index (χ2n) is 7.06. The molecule has 3 rings (SSSR count). The van der Waals surface area contributed by atoms with Crippen molar-refractivity contribution in [2.75, 3.05) is 45.9 Å². The first kappa shape index (κ1) is 19.3. The van der Waals surface area contributed by atoms with E-state index in [0.29, 0.717) is 32.8 Å². The van der Waals surface area contributed by atoms with Crippen molar-refractivity contribution in [1.82, 2.24) is 14.1 Å². The van der Waals surface area contributed by atoms with Gasteiger partial charge >= 0.3 is 0 Å². The van der Waals surface area contributed by atoms with Crippen LogP contribution in [0.5, 0.6) is 0 Å². The van der Waals surface area contributed by atoms with Gasteiger partial charge in [0, 0.05) is 26.2 Å². The van der Waals surface area contributed by atoms with Gasteiger partial charge in [-0.05, 0) is 18.1 Å². The molecule has 1 aromatic carbocycles. The third-order valence-corrected chi connectivity index (χ3v) is 6.79. The van der Waals surface area contributed by atoms with Gasteiger partial charge < -0.3 is 9.64 Å². The molecule has 8 heteroatoms. The van der Waals surface area contributed by atoms with Crippen LogP contribution in [0.4, 0.5) is 0 Å². The predicted octanol–water partition coefficient (Wildman–Crippen LogP) is 0.834. The summed E-state index contributed by atoms with van der Waals surface area (Å²) >= 11 is 0. The summed E-state index contributed by atoms with van der Waals surface area (Å²) in [5, 5.41) is 0. The summed E-state index contributed by atoms with van der Waals surface area (Å²) in [6.45, 7) is 7.72. The van der Waals surface area contributed by atoms with Gasteiger partial charge in [-0.3, -0.25) is 9.69 Å². The lowest BCUT2D eigenvalue weighted by atomic mass is 10.1. The molecule has 7 nitrogen and oxygen atoms in total. The van der Waals surface area contributed by atoms with Crippen LogP contribution in [0.15, 0.2) is 35.2 Å². The summed E-state index contributed by atoms with van der Waals surface area (Å²) in [6, 6.07) is 8.43. The fourth-order valence-electron chi connectivity index (χ4n) is 3.62. The predicted molar refractivity (Wildman–Crippen MR) is 97.9 cm³/mol. The van der Waals surface area contributed by atoms with Crippen molar-refractivity contribution in [3.05, 3.63) is 30.3 Å². The first-order valence-electron chi connectivity index (χ1n) is 9.07. The van der Waals surface area contributed by atoms with E-state index < -0.39 is 16.2 Å². The number of nitrogens with zero attached hydrogens (tertiary/aromatic N) is 3. The standard InChI is InChI=1S/C18H27N3O4S/c1-15(2)18-20(17(22)14-19-10-12-25-13-11-19)8-9-21(18)26(23,24)16-6-4-3-5-7-16/h3-7,15,18H,8-14H2,1-2H3/t18-/m1/s1. The Morgan fingerprint density at radius 3 is 2.38 bits per heavy atom. The maximum Gasteiger partial charge on any atom is 0.244 e. The van der Waals surface area contributed by atoms with Crippen molar-refractivity contribution >= 4 is 15.9 Å². The zero-order chi connectivity index (χ0) is 18.7. The molecule has 26 heavy (non-hydrogen) atoms. The Balaban J connectivity index is 1.78. The average Bonchev–Trinajstić information content (AvgIpc) is 3.10. The molecular formula is C18H27N3O4S. The molecule has 1 amide bonds. The van der Waals surface area contributed by atoms with E-state index in [-0.39, 0.29) is 16.7 Å². The van der Waals surface area contributed by atoms with Gasteiger partial charge in [-0.25, -0.2) is 8.42 Å². The summed E-state index contributed by atoms with van der Waals surface area (Å²) in [6.07, 6.45) is -0.450. The molecule has 2 saturated heterocycles. The number of ether oxygens (including phenoxy) is 1. The van der Waals surface area contributed by atoms with Gasteiger partial charge in [0.1, 0.15) is 6.17 Å². The van der Waals surface area contributed by atoms with E-state index in [1.165, 1.54) is 4.31 Å². The molecule has 2 aliphatic heterocycles. The van der Waals surface area contributed by atoms with Crippen LogP contribution in [0.3, 0.4) is 0 Å². The minimum absolute atomic E-state index is 0.00428. The van der Waals surface area contributed by atoms with E-state index in [1.807, 2.05) is 13.8 Å². The van der Waals surface area contributed by atoms with Gasteiger partial charge in [0.2, 0.25) is 15.9 Å². The van der Waals surface area contributed by atoms with Gasteiger partial charge in [0.25, 0.3) is 0 Å². The first-order valence-corrected chi connectivity index (χ1v) is 10.5. The van der Waals surface area contributed by atoms with Gasteiger partial charge in [0.15, 0.2) is 0 Å². The van der Waals surface area contributed by atoms with Crippen LogP contribution in [0.25, 0.3) is 0 Å². The lowest BCUT2D eigenvalue weighted by Crippen LogP contribution is -2.51. The normalized spacial score (nSPS) is 22.9. The fourth-order valence-corrected chi connectivity index (χ4v) is 5.36. The molecule has 0 unspecified atom stereocenters. The summed E-state index contributed by atoms with van der Waals surface area (Å²) in [7, 11) is -3.63. The minimum Gasteiger partial charge on any atom is -0.379 e. The maximum atomic E-state index is 13.1. The molecule has 1 aromatic rings. The van der Waals surface area contributed by atoms with Crippen molar-refractivity contribution in [3.63, 3.8) is 0 Å². The smallest absolute Gasteiger partial charge is 0.244 e. The topological polar surface area (TPSA) is 70.2 Å². The van der Waals surface area contributed by atoms with Crippen molar-refractivity contribution in [1.29, 1.82) is 0 Å². The Hall–Kier alpha value is -1.48. The monoisotopic (exact) mass is 381 g/mol. The molecule has 144 valence electrons. The molecule has 2 fully saturated rings. The molecule has 0 aliphatic carbocycles. The summed E-state index contributed by atoms with van der Waals surface area (Å²) < 4.78 is 32.9. The quantitative estimate of drug-likeness (QED) is 0.756. The molecule has 0 radical (unpaired) electrons. The number of sulfonamides is 1. The van der Waals surface area contributed by atoms with E-state index >= 15 is 0 Å². The van der Waals surface area contributed by atoms with E-state index in [9.17, 15) is 13.2 Å². The van der Waals surface area contributed by atoms with E-state index in [1.54, 1.807) is 35.2 Å². The summed E-state index contributed by atoms with van der Waals surface area (Å²) in [5.41, 5.74) is 0. The molecule has 0 aromatic heterocycles. The van der Waals surface area contributed by atoms with Crippen LogP contribution < -0.4 is 0 Å². The number of morpholine rings is 1. The molecule has 0 spiro atoms. The Kier molecular flexibility index (Phi) is 5.96. The Labute approximate surface area is 155 Å². The van der Waals surface area contributed by atoms with Crippen molar-refractivity contribution in [2.24, 2.45) is 5.92 Å². The molecule has 2 heterocycles. The van der Waals surface area contributed by atoms with Crippen LogP contribution in [0, 0.1) is 5.92 Å². The Bertz CT molecular complexity index is 717. The van der Waals surface area contributed by atoms with Crippen molar-refractivity contribution < 1.29 is 17.9 Å². The highest BCUT2D eigenvalue weighted by molar-refractivity contribution is 7.89. The van der Waals surface area contributed by atoms with Crippen LogP contribution in [-0.4, -0.2) is 80.5 Å². The Morgan fingerprint density at radius 1 is 1.12 bits per heavy atom. The molecule has 0 N–H and O–H groups in total. The highest BCUT2D eigenvalue weighted by Crippen LogP contribution is 2.28. The van der Waals surface area contributed by atoms with Crippen LogP contribution in [-0.2, 0) is 19.6 Å². The zero-order valence-electron chi connectivity index (χ0n) is 15.4. The van der Waals surface area contributed by atoms with E-state index in [0.717, 1.165) is 13.1 Å². The summed E-state index contributed by atoms with van der Waals surface area (Å²) in [5.74, 6) is -0.0130. The van der Waals surface area contributed by atoms with Gasteiger partial charge in [-0.2, -0.15) is 4.31 Å². The third kappa shape index (κ3) is 3.93. The van der Waals surface area contributed by atoms with Crippen LogP contribution in [0.1, 0.15) is 13.8 Å². The minimum atomic E-state index is -3.63. The lowest BCUT2D eigenvalue weighted by Gasteiger charge is -2.34. The van der Waals surface area contributed by atoms with Crippen molar-refractivity contribution in [2.45, 2.75) is 24.9 Å². The number of carbonyl (C=O) groups excluding carboxylic acids is 1. The second kappa shape index (κ2) is 8.04. The first-order chi connectivity index (χ1) is 12.4. The number of hydrogen-bond donors (Lipinski definition) is 0. The van der Waals surface area contributed by atoms with Gasteiger partial charge in [-0.1, -0.05) is 32.0 Å². The van der Waals surface area contributed by atoms with E-state index in [4.69, 9.17) is 4.74 Å². The number of carbonyl (C=O) groups is 1. The number of hydrogen-bond acceptors (Lipinski definition) is 5. The molecule has 2 aliphatic rings. The van der Waals surface area contributed by atoms with Gasteiger partial charge in [0.05, 0.1) is 24.7 Å². The summed E-state index contributed by atoms with van der Waals surface area (Å²) in [4.78, 5) is 16.9. The number of benzene rings is 1. The fraction of sp³-hybridized carbons (Fsp3) is 0.611. The number of amides is 1. The highest BCUT2D eigenvalue weighted by Gasteiger charge is 2.43. The van der Waals surface area contributed by atoms with E-state index in [2.05, 4.69) is 4.90 Å². The van der Waals surface area contributed by atoms with Crippen LogP contribution in [0.2, 0.25) is 0 Å². The third-order valence-electron chi connectivity index (χ3n) is 4.90.